The van der Waals surface area contributed by atoms with Crippen molar-refractivity contribution in [1.29, 1.82) is 0 Å². The summed E-state index contributed by atoms with van der Waals surface area (Å²) in [5.74, 6) is 0.571. The smallest absolute Gasteiger partial charge is 0.240 e. The lowest BCUT2D eigenvalue weighted by atomic mass is 10.0. The standard InChI is InChI=1S/C15H17N3O/c1-19-15-14(16-8-9-17-15)13-5-3-2-4-11(13)10-18-12-6-7-12/h2-5,8-9,12,18H,6-7,10H2,1H3. The molecule has 98 valence electrons. The van der Waals surface area contributed by atoms with E-state index in [1.54, 1.807) is 19.5 Å². The highest BCUT2D eigenvalue weighted by molar-refractivity contribution is 5.67. The highest BCUT2D eigenvalue weighted by Crippen LogP contribution is 2.29. The molecule has 0 bridgehead atoms. The Morgan fingerprint density at radius 2 is 2.00 bits per heavy atom. The van der Waals surface area contributed by atoms with Gasteiger partial charge in [-0.2, -0.15) is 0 Å². The van der Waals surface area contributed by atoms with E-state index in [4.69, 9.17) is 4.74 Å². The van der Waals surface area contributed by atoms with Gasteiger partial charge in [0.25, 0.3) is 0 Å². The van der Waals surface area contributed by atoms with Crippen molar-refractivity contribution < 1.29 is 4.74 Å². The van der Waals surface area contributed by atoms with E-state index < -0.39 is 0 Å². The Morgan fingerprint density at radius 1 is 1.21 bits per heavy atom. The maximum Gasteiger partial charge on any atom is 0.240 e. The summed E-state index contributed by atoms with van der Waals surface area (Å²) in [6, 6.07) is 8.95. The van der Waals surface area contributed by atoms with Crippen molar-refractivity contribution in [3.63, 3.8) is 0 Å². The molecule has 1 aromatic heterocycles. The Hall–Kier alpha value is -1.94. The molecule has 1 aromatic carbocycles. The number of hydrogen-bond donors (Lipinski definition) is 1. The Bertz CT molecular complexity index is 567. The summed E-state index contributed by atoms with van der Waals surface area (Å²) in [7, 11) is 1.62. The van der Waals surface area contributed by atoms with Gasteiger partial charge < -0.3 is 10.1 Å². The molecular weight excluding hydrogens is 238 g/mol. The van der Waals surface area contributed by atoms with Gasteiger partial charge in [-0.25, -0.2) is 9.97 Å². The second-order valence-corrected chi connectivity index (χ2v) is 4.73. The highest BCUT2D eigenvalue weighted by Gasteiger charge is 2.21. The lowest BCUT2D eigenvalue weighted by molar-refractivity contribution is 0.397. The van der Waals surface area contributed by atoms with Gasteiger partial charge in [-0.3, -0.25) is 0 Å². The van der Waals surface area contributed by atoms with E-state index in [0.717, 1.165) is 17.8 Å². The zero-order valence-electron chi connectivity index (χ0n) is 11.0. The fraction of sp³-hybridized carbons (Fsp3) is 0.333. The van der Waals surface area contributed by atoms with E-state index in [0.29, 0.717) is 11.9 Å². The van der Waals surface area contributed by atoms with E-state index >= 15 is 0 Å². The minimum atomic E-state index is 0.571. The molecule has 0 saturated heterocycles. The molecule has 19 heavy (non-hydrogen) atoms. The monoisotopic (exact) mass is 255 g/mol. The summed E-state index contributed by atoms with van der Waals surface area (Å²) in [4.78, 5) is 8.62. The molecule has 4 nitrogen and oxygen atoms in total. The fourth-order valence-corrected chi connectivity index (χ4v) is 2.11. The van der Waals surface area contributed by atoms with Gasteiger partial charge in [0, 0.05) is 30.5 Å². The van der Waals surface area contributed by atoms with Gasteiger partial charge in [0.2, 0.25) is 5.88 Å². The van der Waals surface area contributed by atoms with Crippen molar-refractivity contribution in [3.8, 4) is 17.1 Å². The topological polar surface area (TPSA) is 47.0 Å². The minimum absolute atomic E-state index is 0.571. The first-order valence-corrected chi connectivity index (χ1v) is 6.55. The third-order valence-corrected chi connectivity index (χ3v) is 3.29. The first kappa shape index (κ1) is 12.1. The maximum atomic E-state index is 5.30. The van der Waals surface area contributed by atoms with Gasteiger partial charge in [0.15, 0.2) is 0 Å². The molecule has 0 radical (unpaired) electrons. The van der Waals surface area contributed by atoms with Crippen molar-refractivity contribution >= 4 is 0 Å². The Morgan fingerprint density at radius 3 is 2.79 bits per heavy atom. The number of aromatic nitrogens is 2. The quantitative estimate of drug-likeness (QED) is 0.891. The van der Waals surface area contributed by atoms with Crippen molar-refractivity contribution in [2.45, 2.75) is 25.4 Å². The summed E-state index contributed by atoms with van der Waals surface area (Å²) >= 11 is 0. The number of nitrogens with zero attached hydrogens (tertiary/aromatic N) is 2. The third-order valence-electron chi connectivity index (χ3n) is 3.29. The van der Waals surface area contributed by atoms with Crippen LogP contribution < -0.4 is 10.1 Å². The van der Waals surface area contributed by atoms with Gasteiger partial charge >= 0.3 is 0 Å². The van der Waals surface area contributed by atoms with Crippen LogP contribution in [0.3, 0.4) is 0 Å². The van der Waals surface area contributed by atoms with Crippen LogP contribution in [0.1, 0.15) is 18.4 Å². The van der Waals surface area contributed by atoms with Gasteiger partial charge in [-0.05, 0) is 18.4 Å². The number of benzene rings is 1. The first-order valence-electron chi connectivity index (χ1n) is 6.55. The molecular formula is C15H17N3O. The van der Waals surface area contributed by atoms with Crippen LogP contribution in [-0.2, 0) is 6.54 Å². The molecule has 1 N–H and O–H groups in total. The molecule has 0 spiro atoms. The summed E-state index contributed by atoms with van der Waals surface area (Å²) in [6.45, 7) is 0.862. The molecule has 1 heterocycles. The normalized spacial score (nSPS) is 14.4. The summed E-state index contributed by atoms with van der Waals surface area (Å²) in [6.07, 6.45) is 5.92. The van der Waals surface area contributed by atoms with Gasteiger partial charge in [-0.15, -0.1) is 0 Å². The van der Waals surface area contributed by atoms with Gasteiger partial charge in [0.05, 0.1) is 7.11 Å². The SMILES string of the molecule is COc1nccnc1-c1ccccc1CNC1CC1. The van der Waals surface area contributed by atoms with Gasteiger partial charge in [-0.1, -0.05) is 24.3 Å². The van der Waals surface area contributed by atoms with Crippen LogP contribution in [-0.4, -0.2) is 23.1 Å². The van der Waals surface area contributed by atoms with E-state index in [1.165, 1.54) is 18.4 Å². The van der Waals surface area contributed by atoms with E-state index in [1.807, 2.05) is 6.07 Å². The van der Waals surface area contributed by atoms with Crippen LogP contribution in [0, 0.1) is 0 Å². The van der Waals surface area contributed by atoms with Crippen LogP contribution >= 0.6 is 0 Å². The largest absolute Gasteiger partial charge is 0.479 e. The average molecular weight is 255 g/mol. The zero-order chi connectivity index (χ0) is 13.1. The lowest BCUT2D eigenvalue weighted by Crippen LogP contribution is -2.16. The molecule has 4 heteroatoms. The molecule has 1 saturated carbocycles. The molecule has 0 unspecified atom stereocenters. The predicted molar refractivity (Wildman–Crippen MR) is 73.9 cm³/mol. The molecule has 0 aliphatic heterocycles. The van der Waals surface area contributed by atoms with Gasteiger partial charge in [0.1, 0.15) is 5.69 Å². The van der Waals surface area contributed by atoms with Crippen LogP contribution in [0.15, 0.2) is 36.7 Å². The van der Waals surface area contributed by atoms with Crippen molar-refractivity contribution in [1.82, 2.24) is 15.3 Å². The second-order valence-electron chi connectivity index (χ2n) is 4.73. The van der Waals surface area contributed by atoms with E-state index in [9.17, 15) is 0 Å². The highest BCUT2D eigenvalue weighted by atomic mass is 16.5. The van der Waals surface area contributed by atoms with Crippen molar-refractivity contribution in [3.05, 3.63) is 42.2 Å². The zero-order valence-corrected chi connectivity index (χ0v) is 11.0. The number of hydrogen-bond acceptors (Lipinski definition) is 4. The summed E-state index contributed by atoms with van der Waals surface area (Å²) < 4.78 is 5.30. The number of nitrogens with one attached hydrogen (secondary N) is 1. The third kappa shape index (κ3) is 2.74. The molecule has 3 rings (SSSR count). The number of ether oxygens (including phenoxy) is 1. The number of rotatable bonds is 5. The Balaban J connectivity index is 1.93. The lowest BCUT2D eigenvalue weighted by Gasteiger charge is -2.11. The molecule has 0 atom stereocenters. The summed E-state index contributed by atoms with van der Waals surface area (Å²) in [5, 5.41) is 3.53. The second kappa shape index (κ2) is 5.36. The van der Waals surface area contributed by atoms with E-state index in [-0.39, 0.29) is 0 Å². The Kier molecular flexibility index (Phi) is 3.42. The Labute approximate surface area is 112 Å². The predicted octanol–water partition coefficient (Wildman–Crippen LogP) is 2.40. The average Bonchev–Trinajstić information content (AvgIpc) is 3.29. The maximum absolute atomic E-state index is 5.30. The minimum Gasteiger partial charge on any atom is -0.479 e. The van der Waals surface area contributed by atoms with Crippen molar-refractivity contribution in [2.75, 3.05) is 7.11 Å². The molecule has 1 fully saturated rings. The molecule has 1 aliphatic carbocycles. The van der Waals surface area contributed by atoms with Crippen LogP contribution in [0.25, 0.3) is 11.3 Å². The van der Waals surface area contributed by atoms with Crippen LogP contribution in [0.5, 0.6) is 5.88 Å². The summed E-state index contributed by atoms with van der Waals surface area (Å²) in [5.41, 5.74) is 3.12. The molecule has 1 aliphatic rings. The molecule has 0 amide bonds. The van der Waals surface area contributed by atoms with Crippen LogP contribution in [0.4, 0.5) is 0 Å². The van der Waals surface area contributed by atoms with Crippen molar-refractivity contribution in [2.24, 2.45) is 0 Å². The number of methoxy groups -OCH3 is 1. The molecule has 2 aromatic rings. The fourth-order valence-electron chi connectivity index (χ4n) is 2.11. The first-order chi connectivity index (χ1) is 9.38. The van der Waals surface area contributed by atoms with E-state index in [2.05, 4.69) is 33.5 Å². The van der Waals surface area contributed by atoms with Crippen LogP contribution in [0.2, 0.25) is 0 Å².